The van der Waals surface area contributed by atoms with Crippen LogP contribution in [0.15, 0.2) is 72.8 Å². The Morgan fingerprint density at radius 2 is 1.82 bits per heavy atom. The highest BCUT2D eigenvalue weighted by Gasteiger charge is 2.30. The lowest BCUT2D eigenvalue weighted by Crippen LogP contribution is -2.40. The number of methoxy groups -OCH3 is 1. The van der Waals surface area contributed by atoms with Gasteiger partial charge in [-0.2, -0.15) is 18.4 Å². The Hall–Kier alpha value is -4.84. The number of halogens is 3. The lowest BCUT2D eigenvalue weighted by molar-refractivity contribution is -0.137. The van der Waals surface area contributed by atoms with Crippen LogP contribution in [0.4, 0.5) is 13.2 Å². The van der Waals surface area contributed by atoms with Gasteiger partial charge in [0.15, 0.2) is 0 Å². The summed E-state index contributed by atoms with van der Waals surface area (Å²) in [5, 5.41) is 27.1. The number of phenolic OH excluding ortho intramolecular Hbond substituents is 1. The third-order valence-corrected chi connectivity index (χ3v) is 6.27. The predicted octanol–water partition coefficient (Wildman–Crippen LogP) is 4.79. The van der Waals surface area contributed by atoms with E-state index in [0.717, 1.165) is 17.7 Å². The number of aromatic amines is 1. The molecule has 0 aliphatic rings. The van der Waals surface area contributed by atoms with Gasteiger partial charge in [0.25, 0.3) is 5.91 Å². The summed E-state index contributed by atoms with van der Waals surface area (Å²) in [5.74, 6) is -0.128. The Kier molecular flexibility index (Phi) is 7.43. The van der Waals surface area contributed by atoms with Crippen molar-refractivity contribution >= 4 is 16.8 Å². The number of hydrogen-bond donors (Lipinski definition) is 3. The van der Waals surface area contributed by atoms with Crippen molar-refractivity contribution in [2.75, 3.05) is 13.7 Å². The van der Waals surface area contributed by atoms with Crippen LogP contribution in [0.1, 0.15) is 21.6 Å². The van der Waals surface area contributed by atoms with Gasteiger partial charge in [-0.05, 0) is 70.8 Å². The van der Waals surface area contributed by atoms with Crippen LogP contribution in [0.5, 0.6) is 5.75 Å². The summed E-state index contributed by atoms with van der Waals surface area (Å²) < 4.78 is 45.2. The molecule has 1 atom stereocenters. The molecule has 0 bridgehead atoms. The number of pyridine rings is 1. The van der Waals surface area contributed by atoms with E-state index in [0.29, 0.717) is 34.0 Å². The molecule has 0 spiro atoms. The number of aromatic nitrogens is 5. The van der Waals surface area contributed by atoms with Crippen LogP contribution in [0.2, 0.25) is 0 Å². The molecule has 0 aliphatic heterocycles. The average molecular weight is 549 g/mol. The molecular weight excluding hydrogens is 525 g/mol. The second-order valence-corrected chi connectivity index (χ2v) is 9.10. The van der Waals surface area contributed by atoms with Gasteiger partial charge in [-0.15, -0.1) is 10.2 Å². The molecule has 204 valence electrons. The number of fused-ring (bicyclic) bond motifs is 1. The summed E-state index contributed by atoms with van der Waals surface area (Å²) in [7, 11) is 1.53. The van der Waals surface area contributed by atoms with Crippen LogP contribution < -0.4 is 5.32 Å². The Bertz CT molecular complexity index is 1640. The predicted molar refractivity (Wildman–Crippen MR) is 140 cm³/mol. The Morgan fingerprint density at radius 1 is 1.05 bits per heavy atom. The minimum absolute atomic E-state index is 0.0888. The number of amides is 1. The zero-order valence-electron chi connectivity index (χ0n) is 21.1. The van der Waals surface area contributed by atoms with Gasteiger partial charge in [-0.1, -0.05) is 30.3 Å². The van der Waals surface area contributed by atoms with E-state index in [1.807, 2.05) is 0 Å². The van der Waals surface area contributed by atoms with Crippen LogP contribution in [-0.4, -0.2) is 56.4 Å². The van der Waals surface area contributed by atoms with Crippen LogP contribution in [0.25, 0.3) is 33.4 Å². The molecule has 1 amide bonds. The third-order valence-electron chi connectivity index (χ3n) is 6.27. The van der Waals surface area contributed by atoms with Crippen molar-refractivity contribution in [3.8, 4) is 28.3 Å². The molecule has 5 aromatic rings. The molecule has 0 unspecified atom stereocenters. The number of rotatable bonds is 8. The van der Waals surface area contributed by atoms with Crippen LogP contribution in [0, 0.1) is 0 Å². The number of aromatic hydroxyl groups is 1. The van der Waals surface area contributed by atoms with Crippen LogP contribution in [-0.2, 0) is 17.3 Å². The molecule has 2 heterocycles. The highest BCUT2D eigenvalue weighted by atomic mass is 19.4. The van der Waals surface area contributed by atoms with Crippen molar-refractivity contribution in [1.82, 2.24) is 30.9 Å². The zero-order chi connectivity index (χ0) is 28.3. The number of alkyl halides is 3. The molecule has 9 nitrogen and oxygen atoms in total. The first kappa shape index (κ1) is 26.8. The van der Waals surface area contributed by atoms with Gasteiger partial charge >= 0.3 is 6.18 Å². The third kappa shape index (κ3) is 5.91. The van der Waals surface area contributed by atoms with Crippen LogP contribution >= 0.6 is 0 Å². The molecule has 0 aliphatic carbocycles. The SMILES string of the molecule is COC[C@H](Cc1ccc(O)cc1)NC(=O)c1cc(-c2nn[nH]n2)c2cc(-c3cccc(C(F)(F)F)c3)ccc2n1. The van der Waals surface area contributed by atoms with E-state index in [1.54, 1.807) is 48.5 Å². The van der Waals surface area contributed by atoms with Gasteiger partial charge in [0.05, 0.1) is 23.7 Å². The molecule has 5 rings (SSSR count). The number of carbonyl (C=O) groups excluding carboxylic acids is 1. The first-order valence-corrected chi connectivity index (χ1v) is 12.2. The maximum absolute atomic E-state index is 13.3. The Morgan fingerprint density at radius 3 is 2.52 bits per heavy atom. The topological polar surface area (TPSA) is 126 Å². The first-order chi connectivity index (χ1) is 19.2. The van der Waals surface area contributed by atoms with Gasteiger partial charge in [-0.25, -0.2) is 4.98 Å². The smallest absolute Gasteiger partial charge is 0.416 e. The monoisotopic (exact) mass is 548 g/mol. The van der Waals surface area contributed by atoms with Gasteiger partial charge in [0, 0.05) is 18.1 Å². The average Bonchev–Trinajstić information content (AvgIpc) is 3.48. The van der Waals surface area contributed by atoms with E-state index in [4.69, 9.17) is 4.74 Å². The molecule has 12 heteroatoms. The van der Waals surface area contributed by atoms with E-state index in [9.17, 15) is 23.1 Å². The van der Waals surface area contributed by atoms with E-state index in [2.05, 4.69) is 30.9 Å². The molecule has 0 fully saturated rings. The Labute approximate surface area is 226 Å². The quantitative estimate of drug-likeness (QED) is 0.254. The molecule has 3 aromatic carbocycles. The summed E-state index contributed by atoms with van der Waals surface area (Å²) >= 11 is 0. The molecule has 0 saturated heterocycles. The van der Waals surface area contributed by atoms with E-state index in [1.165, 1.54) is 19.2 Å². The highest BCUT2D eigenvalue weighted by molar-refractivity contribution is 6.01. The van der Waals surface area contributed by atoms with E-state index in [-0.39, 0.29) is 23.9 Å². The maximum atomic E-state index is 13.3. The number of benzene rings is 3. The van der Waals surface area contributed by atoms with Gasteiger partial charge in [0.2, 0.25) is 5.82 Å². The lowest BCUT2D eigenvalue weighted by Gasteiger charge is -2.18. The number of ether oxygens (including phenoxy) is 1. The fourth-order valence-corrected chi connectivity index (χ4v) is 4.39. The highest BCUT2D eigenvalue weighted by Crippen LogP contribution is 2.34. The summed E-state index contributed by atoms with van der Waals surface area (Å²) in [4.78, 5) is 17.8. The minimum Gasteiger partial charge on any atom is -0.508 e. The van der Waals surface area contributed by atoms with E-state index >= 15 is 0 Å². The van der Waals surface area contributed by atoms with Crippen LogP contribution in [0.3, 0.4) is 0 Å². The summed E-state index contributed by atoms with van der Waals surface area (Å²) in [5.41, 5.74) is 1.97. The van der Waals surface area contributed by atoms with Gasteiger partial charge in [-0.3, -0.25) is 4.79 Å². The number of hydrogen-bond acceptors (Lipinski definition) is 7. The van der Waals surface area contributed by atoms with Crippen molar-refractivity contribution in [3.05, 3.63) is 89.6 Å². The lowest BCUT2D eigenvalue weighted by atomic mass is 9.98. The number of nitrogens with one attached hydrogen (secondary N) is 2. The molecule has 3 N–H and O–H groups in total. The minimum atomic E-state index is -4.48. The fraction of sp³-hybridized carbons (Fsp3) is 0.179. The normalized spacial score (nSPS) is 12.4. The van der Waals surface area contributed by atoms with Gasteiger partial charge < -0.3 is 15.2 Å². The number of H-pyrrole nitrogens is 1. The summed E-state index contributed by atoms with van der Waals surface area (Å²) in [6.45, 7) is 0.234. The van der Waals surface area contributed by atoms with Crippen molar-refractivity contribution < 1.29 is 27.8 Å². The second-order valence-electron chi connectivity index (χ2n) is 9.10. The maximum Gasteiger partial charge on any atom is 0.416 e. The van der Waals surface area contributed by atoms with E-state index < -0.39 is 23.7 Å². The largest absolute Gasteiger partial charge is 0.508 e. The van der Waals surface area contributed by atoms with Crippen molar-refractivity contribution in [2.45, 2.75) is 18.6 Å². The van der Waals surface area contributed by atoms with Crippen molar-refractivity contribution in [3.63, 3.8) is 0 Å². The molecule has 0 radical (unpaired) electrons. The first-order valence-electron chi connectivity index (χ1n) is 12.2. The molecular formula is C28H23F3N6O3. The standard InChI is InChI=1S/C28H23F3N6O3/c1-40-15-20(11-16-5-8-21(38)9-6-16)32-27(39)25-14-23(26-34-36-37-35-26)22-13-18(7-10-24(22)33-25)17-3-2-4-19(12-17)28(29,30)31/h2-10,12-14,20,38H,11,15H2,1H3,(H,32,39)(H,34,35,36,37)/t20-/m0/s1. The number of nitrogens with zero attached hydrogens (tertiary/aromatic N) is 4. The van der Waals surface area contributed by atoms with Crippen molar-refractivity contribution in [1.29, 1.82) is 0 Å². The molecule has 2 aromatic heterocycles. The molecule has 0 saturated carbocycles. The fourth-order valence-electron chi connectivity index (χ4n) is 4.39. The number of tetrazole rings is 1. The Balaban J connectivity index is 1.50. The summed E-state index contributed by atoms with van der Waals surface area (Å²) in [6, 6.07) is 17.8. The molecule has 40 heavy (non-hydrogen) atoms. The number of phenols is 1. The van der Waals surface area contributed by atoms with Gasteiger partial charge in [0.1, 0.15) is 11.4 Å². The zero-order valence-corrected chi connectivity index (χ0v) is 21.1. The van der Waals surface area contributed by atoms with Crippen molar-refractivity contribution in [2.24, 2.45) is 0 Å². The number of carbonyl (C=O) groups is 1. The summed E-state index contributed by atoms with van der Waals surface area (Å²) in [6.07, 6.45) is -4.03. The second kappa shape index (κ2) is 11.1.